The first kappa shape index (κ1) is 14.9. The molecule has 0 aliphatic rings. The van der Waals surface area contributed by atoms with Gasteiger partial charge >= 0.3 is 0 Å². The molecule has 0 unspecified atom stereocenters. The summed E-state index contributed by atoms with van der Waals surface area (Å²) in [6, 6.07) is 16.7. The van der Waals surface area contributed by atoms with E-state index in [4.69, 9.17) is 5.26 Å². The number of rotatable bonds is 4. The fourth-order valence-electron chi connectivity index (χ4n) is 1.67. The number of carbonyl (C=O) groups excluding carboxylic acids is 1. The second-order valence-electron chi connectivity index (χ2n) is 4.22. The number of halogens is 1. The molecule has 4 nitrogen and oxygen atoms in total. The first-order valence-corrected chi connectivity index (χ1v) is 7.05. The molecule has 0 saturated carbocycles. The monoisotopic (exact) mass is 341 g/mol. The second kappa shape index (κ2) is 7.36. The van der Waals surface area contributed by atoms with E-state index in [0.717, 1.165) is 5.56 Å². The maximum atomic E-state index is 12.0. The summed E-state index contributed by atoms with van der Waals surface area (Å²) in [6.07, 6.45) is 1.46. The topological polar surface area (TPSA) is 65.8 Å². The second-order valence-corrected chi connectivity index (χ2v) is 5.04. The minimum Gasteiger partial charge on any atom is -0.347 e. The Labute approximate surface area is 131 Å². The predicted molar refractivity (Wildman–Crippen MR) is 83.8 cm³/mol. The van der Waals surface area contributed by atoms with Crippen LogP contribution in [0.2, 0.25) is 0 Å². The van der Waals surface area contributed by atoms with Crippen molar-refractivity contribution in [2.45, 2.75) is 6.54 Å². The van der Waals surface area contributed by atoms with Crippen molar-refractivity contribution in [2.75, 3.05) is 0 Å². The van der Waals surface area contributed by atoms with Gasteiger partial charge in [-0.2, -0.15) is 5.26 Å². The van der Waals surface area contributed by atoms with Gasteiger partial charge in [-0.1, -0.05) is 36.4 Å². The predicted octanol–water partition coefficient (Wildman–Crippen LogP) is 3.07. The first-order chi connectivity index (χ1) is 10.2. The van der Waals surface area contributed by atoms with Crippen LogP contribution in [0.25, 0.3) is 6.08 Å². The van der Waals surface area contributed by atoms with Crippen LogP contribution >= 0.6 is 15.9 Å². The highest BCUT2D eigenvalue weighted by atomic mass is 79.9. The van der Waals surface area contributed by atoms with Gasteiger partial charge in [-0.25, -0.2) is 4.98 Å². The molecule has 0 radical (unpaired) electrons. The van der Waals surface area contributed by atoms with Gasteiger partial charge in [0, 0.05) is 6.54 Å². The molecular weight excluding hydrogens is 330 g/mol. The normalized spacial score (nSPS) is 10.8. The lowest BCUT2D eigenvalue weighted by atomic mass is 10.2. The number of nitrogens with zero attached hydrogens (tertiary/aromatic N) is 2. The first-order valence-electron chi connectivity index (χ1n) is 6.25. The Morgan fingerprint density at radius 3 is 2.67 bits per heavy atom. The molecule has 1 aromatic carbocycles. The van der Waals surface area contributed by atoms with Crippen LogP contribution in [-0.2, 0) is 11.3 Å². The number of hydrogen-bond acceptors (Lipinski definition) is 3. The third-order valence-electron chi connectivity index (χ3n) is 2.69. The Kier molecular flexibility index (Phi) is 5.24. The Morgan fingerprint density at radius 2 is 2.00 bits per heavy atom. The number of hydrogen-bond donors (Lipinski definition) is 1. The van der Waals surface area contributed by atoms with Crippen LogP contribution < -0.4 is 5.32 Å². The van der Waals surface area contributed by atoms with E-state index in [1.165, 1.54) is 6.08 Å². The molecule has 0 aliphatic heterocycles. The molecule has 1 amide bonds. The van der Waals surface area contributed by atoms with Crippen molar-refractivity contribution in [3.8, 4) is 6.07 Å². The highest BCUT2D eigenvalue weighted by Gasteiger charge is 2.09. The van der Waals surface area contributed by atoms with Crippen molar-refractivity contribution < 1.29 is 4.79 Å². The molecule has 1 aromatic heterocycles. The molecule has 21 heavy (non-hydrogen) atoms. The van der Waals surface area contributed by atoms with Crippen LogP contribution in [0.4, 0.5) is 0 Å². The summed E-state index contributed by atoms with van der Waals surface area (Å²) in [5.74, 6) is -0.414. The minimum absolute atomic E-state index is 0.0246. The van der Waals surface area contributed by atoms with Gasteiger partial charge in [0.05, 0.1) is 5.69 Å². The molecule has 0 atom stereocenters. The van der Waals surface area contributed by atoms with E-state index >= 15 is 0 Å². The van der Waals surface area contributed by atoms with E-state index in [1.807, 2.05) is 36.4 Å². The molecule has 0 bridgehead atoms. The summed E-state index contributed by atoms with van der Waals surface area (Å²) in [5, 5.41) is 11.8. The van der Waals surface area contributed by atoms with E-state index < -0.39 is 5.91 Å². The highest BCUT2D eigenvalue weighted by Crippen LogP contribution is 2.10. The van der Waals surface area contributed by atoms with Crippen LogP contribution in [-0.4, -0.2) is 10.9 Å². The number of nitrogens with one attached hydrogen (secondary N) is 1. The van der Waals surface area contributed by atoms with Gasteiger partial charge in [0.25, 0.3) is 5.91 Å². The van der Waals surface area contributed by atoms with E-state index in [0.29, 0.717) is 16.8 Å². The molecule has 0 aliphatic carbocycles. The highest BCUT2D eigenvalue weighted by molar-refractivity contribution is 9.10. The van der Waals surface area contributed by atoms with Crippen LogP contribution in [0, 0.1) is 11.3 Å². The summed E-state index contributed by atoms with van der Waals surface area (Å²) in [7, 11) is 0. The van der Waals surface area contributed by atoms with Crippen molar-refractivity contribution in [3.05, 3.63) is 70.0 Å². The Morgan fingerprint density at radius 1 is 1.24 bits per heavy atom. The fourth-order valence-corrected chi connectivity index (χ4v) is 2.03. The average Bonchev–Trinajstić information content (AvgIpc) is 2.51. The molecule has 2 rings (SSSR count). The van der Waals surface area contributed by atoms with Crippen molar-refractivity contribution in [1.29, 1.82) is 5.26 Å². The molecule has 0 fully saturated rings. The number of aromatic nitrogens is 1. The summed E-state index contributed by atoms with van der Waals surface area (Å²) < 4.78 is 0.651. The quantitative estimate of drug-likeness (QED) is 0.528. The Hall–Kier alpha value is -2.45. The third kappa shape index (κ3) is 4.55. The molecule has 104 valence electrons. The van der Waals surface area contributed by atoms with Gasteiger partial charge in [0.15, 0.2) is 0 Å². The zero-order valence-electron chi connectivity index (χ0n) is 11.1. The maximum Gasteiger partial charge on any atom is 0.262 e. The van der Waals surface area contributed by atoms with Gasteiger partial charge in [-0.3, -0.25) is 4.79 Å². The van der Waals surface area contributed by atoms with Gasteiger partial charge in [0.2, 0.25) is 0 Å². The van der Waals surface area contributed by atoms with E-state index in [1.54, 1.807) is 18.2 Å². The lowest BCUT2D eigenvalue weighted by molar-refractivity contribution is -0.117. The lowest BCUT2D eigenvalue weighted by Gasteiger charge is -2.04. The summed E-state index contributed by atoms with van der Waals surface area (Å²) in [5.41, 5.74) is 1.55. The molecule has 0 spiro atoms. The summed E-state index contributed by atoms with van der Waals surface area (Å²) in [6.45, 7) is 0.380. The van der Waals surface area contributed by atoms with E-state index in [2.05, 4.69) is 26.2 Å². The molecule has 0 saturated heterocycles. The SMILES string of the molecule is N#CC(=Cc1cccc(Br)n1)C(=O)NCc1ccccc1. The zero-order chi connectivity index (χ0) is 15.1. The van der Waals surface area contributed by atoms with Gasteiger partial charge < -0.3 is 5.32 Å². The standard InChI is InChI=1S/C16H12BrN3O/c17-15-8-4-7-14(20-15)9-13(10-18)16(21)19-11-12-5-2-1-3-6-12/h1-9H,11H2,(H,19,21). The maximum absolute atomic E-state index is 12.0. The molecule has 1 N–H and O–H groups in total. The van der Waals surface area contributed by atoms with Gasteiger partial charge in [-0.15, -0.1) is 0 Å². The zero-order valence-corrected chi connectivity index (χ0v) is 12.7. The fraction of sp³-hybridized carbons (Fsp3) is 0.0625. The molecule has 1 heterocycles. The van der Waals surface area contributed by atoms with E-state index in [9.17, 15) is 4.79 Å². The Bertz CT molecular complexity index is 705. The largest absolute Gasteiger partial charge is 0.347 e. The number of benzene rings is 1. The van der Waals surface area contributed by atoms with Crippen molar-refractivity contribution in [3.63, 3.8) is 0 Å². The summed E-state index contributed by atoms with van der Waals surface area (Å²) >= 11 is 3.25. The smallest absolute Gasteiger partial charge is 0.262 e. The van der Waals surface area contributed by atoms with Crippen molar-refractivity contribution in [2.24, 2.45) is 0 Å². The van der Waals surface area contributed by atoms with Crippen LogP contribution in [0.1, 0.15) is 11.3 Å². The Balaban J connectivity index is 2.07. The van der Waals surface area contributed by atoms with Gasteiger partial charge in [0.1, 0.15) is 16.2 Å². The third-order valence-corrected chi connectivity index (χ3v) is 3.13. The minimum atomic E-state index is -0.414. The molecule has 5 heteroatoms. The number of pyridine rings is 1. The average molecular weight is 342 g/mol. The molecule has 2 aromatic rings. The molecular formula is C16H12BrN3O. The van der Waals surface area contributed by atoms with Crippen LogP contribution in [0.3, 0.4) is 0 Å². The number of carbonyl (C=O) groups is 1. The van der Waals surface area contributed by atoms with Crippen molar-refractivity contribution in [1.82, 2.24) is 10.3 Å². The van der Waals surface area contributed by atoms with Crippen molar-refractivity contribution >= 4 is 27.9 Å². The summed E-state index contributed by atoms with van der Waals surface area (Å²) in [4.78, 5) is 16.2. The lowest BCUT2D eigenvalue weighted by Crippen LogP contribution is -2.23. The number of nitriles is 1. The number of amides is 1. The van der Waals surface area contributed by atoms with Gasteiger partial charge in [-0.05, 0) is 39.7 Å². The van der Waals surface area contributed by atoms with Crippen LogP contribution in [0.15, 0.2) is 58.7 Å². The van der Waals surface area contributed by atoms with E-state index in [-0.39, 0.29) is 5.57 Å². The van der Waals surface area contributed by atoms with Crippen LogP contribution in [0.5, 0.6) is 0 Å².